The van der Waals surface area contributed by atoms with Gasteiger partial charge in [-0.1, -0.05) is 29.8 Å². The lowest BCUT2D eigenvalue weighted by Gasteiger charge is -2.04. The highest BCUT2D eigenvalue weighted by molar-refractivity contribution is 5.62. The molecule has 0 fully saturated rings. The summed E-state index contributed by atoms with van der Waals surface area (Å²) in [5.74, 6) is 0.869. The summed E-state index contributed by atoms with van der Waals surface area (Å²) in [4.78, 5) is 8.42. The number of nitrogens with one attached hydrogen (secondary N) is 1. The topological polar surface area (TPSA) is 37.8 Å². The fourth-order valence-electron chi connectivity index (χ4n) is 1.52. The van der Waals surface area contributed by atoms with E-state index in [1.165, 1.54) is 5.56 Å². The van der Waals surface area contributed by atoms with Gasteiger partial charge in [0.25, 0.3) is 0 Å². The lowest BCUT2D eigenvalue weighted by atomic mass is 10.1. The molecule has 0 atom stereocenters. The van der Waals surface area contributed by atoms with Crippen LogP contribution in [-0.4, -0.2) is 16.5 Å². The fourth-order valence-corrected chi connectivity index (χ4v) is 1.52. The SMILES string of the molecule is CCNc1cc(-c2ccc(C)cc2)ncn1. The Morgan fingerprint density at radius 2 is 1.88 bits per heavy atom. The molecular weight excluding hydrogens is 198 g/mol. The Hall–Kier alpha value is -1.90. The second-order valence-corrected chi connectivity index (χ2v) is 3.68. The Morgan fingerprint density at radius 1 is 1.12 bits per heavy atom. The lowest BCUT2D eigenvalue weighted by Crippen LogP contribution is -1.99. The van der Waals surface area contributed by atoms with Gasteiger partial charge >= 0.3 is 0 Å². The van der Waals surface area contributed by atoms with Gasteiger partial charge < -0.3 is 5.32 Å². The summed E-state index contributed by atoms with van der Waals surface area (Å²) in [7, 11) is 0. The molecule has 0 saturated heterocycles. The maximum absolute atomic E-state index is 4.27. The van der Waals surface area contributed by atoms with E-state index in [9.17, 15) is 0 Å². The van der Waals surface area contributed by atoms with E-state index in [0.717, 1.165) is 23.6 Å². The molecule has 1 heterocycles. The van der Waals surface area contributed by atoms with Gasteiger partial charge in [-0.25, -0.2) is 9.97 Å². The molecule has 0 amide bonds. The number of hydrogen-bond acceptors (Lipinski definition) is 3. The largest absolute Gasteiger partial charge is 0.370 e. The first-order valence-corrected chi connectivity index (χ1v) is 5.42. The summed E-state index contributed by atoms with van der Waals surface area (Å²) in [5, 5.41) is 3.18. The maximum Gasteiger partial charge on any atom is 0.129 e. The van der Waals surface area contributed by atoms with Crippen LogP contribution in [0, 0.1) is 6.92 Å². The Labute approximate surface area is 95.6 Å². The second kappa shape index (κ2) is 4.75. The molecule has 1 aromatic heterocycles. The van der Waals surface area contributed by atoms with Gasteiger partial charge in [0.2, 0.25) is 0 Å². The zero-order chi connectivity index (χ0) is 11.4. The van der Waals surface area contributed by atoms with Crippen LogP contribution in [-0.2, 0) is 0 Å². The first-order valence-electron chi connectivity index (χ1n) is 5.42. The van der Waals surface area contributed by atoms with Gasteiger partial charge in [-0.2, -0.15) is 0 Å². The number of aryl methyl sites for hydroxylation is 1. The van der Waals surface area contributed by atoms with E-state index in [2.05, 4.69) is 46.5 Å². The number of hydrogen-bond donors (Lipinski definition) is 1. The van der Waals surface area contributed by atoms with Gasteiger partial charge in [-0.3, -0.25) is 0 Å². The molecule has 3 heteroatoms. The molecule has 0 aliphatic rings. The number of benzene rings is 1. The van der Waals surface area contributed by atoms with Crippen LogP contribution in [0.1, 0.15) is 12.5 Å². The van der Waals surface area contributed by atoms with Crippen molar-refractivity contribution >= 4 is 5.82 Å². The highest BCUT2D eigenvalue weighted by Gasteiger charge is 2.00. The van der Waals surface area contributed by atoms with E-state index < -0.39 is 0 Å². The first-order chi connectivity index (χ1) is 7.79. The molecular formula is C13H15N3. The predicted octanol–water partition coefficient (Wildman–Crippen LogP) is 2.88. The molecule has 2 aromatic rings. The highest BCUT2D eigenvalue weighted by atomic mass is 15.0. The lowest BCUT2D eigenvalue weighted by molar-refractivity contribution is 1.11. The minimum absolute atomic E-state index is 0.865. The van der Waals surface area contributed by atoms with Crippen molar-refractivity contribution in [3.8, 4) is 11.3 Å². The van der Waals surface area contributed by atoms with Crippen LogP contribution in [0.25, 0.3) is 11.3 Å². The highest BCUT2D eigenvalue weighted by Crippen LogP contribution is 2.18. The van der Waals surface area contributed by atoms with Gasteiger partial charge in [0.05, 0.1) is 5.69 Å². The van der Waals surface area contributed by atoms with Crippen molar-refractivity contribution < 1.29 is 0 Å². The van der Waals surface area contributed by atoms with E-state index in [1.54, 1.807) is 6.33 Å². The van der Waals surface area contributed by atoms with E-state index in [1.807, 2.05) is 13.0 Å². The zero-order valence-electron chi connectivity index (χ0n) is 9.57. The van der Waals surface area contributed by atoms with Gasteiger partial charge in [0, 0.05) is 18.2 Å². The summed E-state index contributed by atoms with van der Waals surface area (Å²) in [6.45, 7) is 4.99. The Kier molecular flexibility index (Phi) is 3.15. The number of rotatable bonds is 3. The van der Waals surface area contributed by atoms with Gasteiger partial charge in [0.15, 0.2) is 0 Å². The fraction of sp³-hybridized carbons (Fsp3) is 0.231. The molecule has 0 spiro atoms. The average molecular weight is 213 g/mol. The van der Waals surface area contributed by atoms with E-state index in [-0.39, 0.29) is 0 Å². The maximum atomic E-state index is 4.27. The van der Waals surface area contributed by atoms with Crippen molar-refractivity contribution in [1.29, 1.82) is 0 Å². The average Bonchev–Trinajstić information content (AvgIpc) is 2.31. The third-order valence-electron chi connectivity index (χ3n) is 2.37. The molecule has 1 aromatic carbocycles. The monoisotopic (exact) mass is 213 g/mol. The van der Waals surface area contributed by atoms with Crippen molar-refractivity contribution in [1.82, 2.24) is 9.97 Å². The quantitative estimate of drug-likeness (QED) is 0.851. The van der Waals surface area contributed by atoms with Crippen molar-refractivity contribution in [3.05, 3.63) is 42.2 Å². The zero-order valence-corrected chi connectivity index (χ0v) is 9.57. The number of anilines is 1. The minimum Gasteiger partial charge on any atom is -0.370 e. The van der Waals surface area contributed by atoms with Crippen LogP contribution < -0.4 is 5.32 Å². The molecule has 3 nitrogen and oxygen atoms in total. The van der Waals surface area contributed by atoms with Crippen molar-refractivity contribution in [2.75, 3.05) is 11.9 Å². The standard InChI is InChI=1S/C13H15N3/c1-3-14-13-8-12(15-9-16-13)11-6-4-10(2)5-7-11/h4-9H,3H2,1-2H3,(H,14,15,16). The molecule has 82 valence electrons. The molecule has 0 saturated carbocycles. The van der Waals surface area contributed by atoms with Crippen LogP contribution in [0.3, 0.4) is 0 Å². The molecule has 0 aliphatic heterocycles. The van der Waals surface area contributed by atoms with Crippen LogP contribution in [0.2, 0.25) is 0 Å². The third kappa shape index (κ3) is 2.37. The smallest absolute Gasteiger partial charge is 0.129 e. The Bertz CT molecular complexity index is 463. The summed E-state index contributed by atoms with van der Waals surface area (Å²) in [6.07, 6.45) is 1.59. The Morgan fingerprint density at radius 3 is 2.56 bits per heavy atom. The van der Waals surface area contributed by atoms with Crippen LogP contribution >= 0.6 is 0 Å². The van der Waals surface area contributed by atoms with Gasteiger partial charge in [-0.15, -0.1) is 0 Å². The van der Waals surface area contributed by atoms with Gasteiger partial charge in [-0.05, 0) is 13.8 Å². The van der Waals surface area contributed by atoms with Crippen LogP contribution in [0.15, 0.2) is 36.7 Å². The van der Waals surface area contributed by atoms with Crippen molar-refractivity contribution in [2.45, 2.75) is 13.8 Å². The summed E-state index contributed by atoms with van der Waals surface area (Å²) in [5.41, 5.74) is 3.32. The normalized spacial score (nSPS) is 10.1. The number of nitrogens with zero attached hydrogens (tertiary/aromatic N) is 2. The first kappa shape index (κ1) is 10.6. The van der Waals surface area contributed by atoms with E-state index in [4.69, 9.17) is 0 Å². The van der Waals surface area contributed by atoms with Crippen molar-refractivity contribution in [3.63, 3.8) is 0 Å². The van der Waals surface area contributed by atoms with Gasteiger partial charge in [0.1, 0.15) is 12.1 Å². The molecule has 0 bridgehead atoms. The third-order valence-corrected chi connectivity index (χ3v) is 2.37. The second-order valence-electron chi connectivity index (χ2n) is 3.68. The summed E-state index contributed by atoms with van der Waals surface area (Å²) in [6, 6.07) is 10.3. The van der Waals surface area contributed by atoms with E-state index in [0.29, 0.717) is 0 Å². The summed E-state index contributed by atoms with van der Waals surface area (Å²) >= 11 is 0. The molecule has 1 N–H and O–H groups in total. The predicted molar refractivity (Wildman–Crippen MR) is 66.4 cm³/mol. The van der Waals surface area contributed by atoms with Crippen LogP contribution in [0.4, 0.5) is 5.82 Å². The van der Waals surface area contributed by atoms with Crippen molar-refractivity contribution in [2.24, 2.45) is 0 Å². The molecule has 16 heavy (non-hydrogen) atoms. The number of aromatic nitrogens is 2. The molecule has 2 rings (SSSR count). The molecule has 0 radical (unpaired) electrons. The Balaban J connectivity index is 2.32. The minimum atomic E-state index is 0.865. The molecule has 0 aliphatic carbocycles. The van der Waals surface area contributed by atoms with E-state index >= 15 is 0 Å². The molecule has 0 unspecified atom stereocenters. The van der Waals surface area contributed by atoms with Crippen LogP contribution in [0.5, 0.6) is 0 Å². The summed E-state index contributed by atoms with van der Waals surface area (Å²) < 4.78 is 0.